The van der Waals surface area contributed by atoms with Crippen LogP contribution in [0.2, 0.25) is 0 Å². The third kappa shape index (κ3) is 13.8. The Morgan fingerprint density at radius 1 is 0.436 bits per heavy atom. The monoisotopic (exact) mass is 759 g/mol. The molecule has 55 heavy (non-hydrogen) atoms. The van der Waals surface area contributed by atoms with Crippen molar-refractivity contribution in [3.63, 3.8) is 0 Å². The minimum absolute atomic E-state index is 0.0760. The van der Waals surface area contributed by atoms with E-state index in [1.807, 2.05) is 90.1 Å². The summed E-state index contributed by atoms with van der Waals surface area (Å²) >= 11 is 0. The van der Waals surface area contributed by atoms with Crippen LogP contribution in [0.1, 0.15) is 128 Å². The summed E-state index contributed by atoms with van der Waals surface area (Å²) in [6, 6.07) is 15.8. The number of benzene rings is 4. The summed E-state index contributed by atoms with van der Waals surface area (Å²) in [4.78, 5) is 1.94. The van der Waals surface area contributed by atoms with Crippen LogP contribution in [0.15, 0.2) is 48.5 Å². The van der Waals surface area contributed by atoms with Gasteiger partial charge in [0.2, 0.25) is 0 Å². The molecule has 0 heterocycles. The Labute approximate surface area is 333 Å². The largest absolute Gasteiger partial charge is 0.506 e. The Hall–Kier alpha value is -4.72. The molecule has 4 aromatic rings. The van der Waals surface area contributed by atoms with Crippen LogP contribution < -0.4 is 21.7 Å². The number of hydrogen-bond donors (Lipinski definition) is 7. The van der Waals surface area contributed by atoms with Crippen LogP contribution in [0.4, 0.5) is 22.7 Å². The van der Waals surface area contributed by atoms with Gasteiger partial charge in [0.05, 0.1) is 22.7 Å². The first-order valence-corrected chi connectivity index (χ1v) is 19.0. The predicted octanol–water partition coefficient (Wildman–Crippen LogP) is 11.3. The Kier molecular flexibility index (Phi) is 16.0. The second kappa shape index (κ2) is 18.3. The standard InChI is InChI=1S/C13H21NO.C12H19NO.2C11H17NO/c1-9-7-10(13(2,3)4)8-11(12(9)15)14(5)6;1-8-6-9(12(2,3)4)7-10(13-5)11(8)14;2*1-7-5-8(11(2,3)4)6-9(12)10(7)13/h7-8,15H,1-6H3;6-7,13-14H,1-5H3;2*5-6,13H,12H2,1-4H3. The van der Waals surface area contributed by atoms with Crippen LogP contribution in [0.5, 0.6) is 23.0 Å². The van der Waals surface area contributed by atoms with Crippen molar-refractivity contribution in [3.05, 3.63) is 93.0 Å². The number of anilines is 4. The second-order valence-corrected chi connectivity index (χ2v) is 19.0. The lowest BCUT2D eigenvalue weighted by molar-refractivity contribution is 0.470. The first-order valence-electron chi connectivity index (χ1n) is 19.0. The number of nitrogens with one attached hydrogen (secondary N) is 1. The molecule has 0 saturated heterocycles. The molecule has 0 aliphatic rings. The van der Waals surface area contributed by atoms with E-state index >= 15 is 0 Å². The molecule has 0 radical (unpaired) electrons. The molecule has 0 fully saturated rings. The quantitative estimate of drug-likeness (QED) is 0.0789. The van der Waals surface area contributed by atoms with Gasteiger partial charge in [0.25, 0.3) is 0 Å². The summed E-state index contributed by atoms with van der Waals surface area (Å²) in [6.45, 7) is 33.4. The first kappa shape index (κ1) is 48.3. The molecule has 0 saturated carbocycles. The minimum atomic E-state index is 0.0760. The van der Waals surface area contributed by atoms with E-state index in [1.165, 1.54) is 11.1 Å². The molecule has 8 heteroatoms. The molecule has 0 unspecified atom stereocenters. The minimum Gasteiger partial charge on any atom is -0.506 e. The topological polar surface area (TPSA) is 148 Å². The number of phenolic OH excluding ortho intramolecular Hbond substituents is 4. The highest BCUT2D eigenvalue weighted by Gasteiger charge is 2.20. The smallest absolute Gasteiger partial charge is 0.141 e. The molecule has 0 bridgehead atoms. The number of aryl methyl sites for hydroxylation is 4. The van der Waals surface area contributed by atoms with Crippen molar-refractivity contribution in [2.75, 3.05) is 42.8 Å². The van der Waals surface area contributed by atoms with Crippen LogP contribution in [0.25, 0.3) is 0 Å². The zero-order valence-corrected chi connectivity index (χ0v) is 37.5. The number of phenols is 4. The van der Waals surface area contributed by atoms with E-state index in [-0.39, 0.29) is 33.2 Å². The van der Waals surface area contributed by atoms with Crippen LogP contribution in [0.3, 0.4) is 0 Å². The van der Waals surface area contributed by atoms with Gasteiger partial charge in [-0.15, -0.1) is 0 Å². The SMILES string of the molecule is CNc1cc(C(C)(C)C)cc(C)c1O.Cc1cc(C(C)(C)C)cc(N(C)C)c1O.Cc1cc(C(C)(C)C)cc(N)c1O.Cc1cc(C(C)(C)C)cc(N)c1O. The van der Waals surface area contributed by atoms with Crippen molar-refractivity contribution in [2.45, 2.75) is 132 Å². The highest BCUT2D eigenvalue weighted by Crippen LogP contribution is 2.36. The fourth-order valence-electron chi connectivity index (χ4n) is 5.42. The average Bonchev–Trinajstić information content (AvgIpc) is 3.03. The molecule has 0 aliphatic carbocycles. The number of nitrogens with zero attached hydrogens (tertiary/aromatic N) is 1. The van der Waals surface area contributed by atoms with Crippen molar-refractivity contribution in [3.8, 4) is 23.0 Å². The van der Waals surface area contributed by atoms with E-state index in [0.29, 0.717) is 22.9 Å². The Balaban J connectivity index is 0.000000367. The van der Waals surface area contributed by atoms with Gasteiger partial charge in [-0.1, -0.05) is 107 Å². The second-order valence-electron chi connectivity index (χ2n) is 19.0. The number of nitrogens with two attached hydrogens (primary N) is 2. The normalized spacial score (nSPS) is 11.6. The van der Waals surface area contributed by atoms with Gasteiger partial charge in [0.1, 0.15) is 23.0 Å². The summed E-state index contributed by atoms with van der Waals surface area (Å²) in [5.41, 5.74) is 22.7. The van der Waals surface area contributed by atoms with E-state index in [2.05, 4.69) is 101 Å². The van der Waals surface area contributed by atoms with Gasteiger partial charge in [-0.2, -0.15) is 0 Å². The molecule has 0 amide bonds. The Bertz CT molecular complexity index is 1790. The Morgan fingerprint density at radius 2 is 0.709 bits per heavy atom. The summed E-state index contributed by atoms with van der Waals surface area (Å²) in [5, 5.41) is 41.6. The lowest BCUT2D eigenvalue weighted by atomic mass is 9.85. The Morgan fingerprint density at radius 3 is 0.982 bits per heavy atom. The number of rotatable bonds is 2. The van der Waals surface area contributed by atoms with Crippen molar-refractivity contribution in [1.82, 2.24) is 0 Å². The molecular weight excluding hydrogens is 685 g/mol. The summed E-state index contributed by atoms with van der Waals surface area (Å²) in [7, 11) is 5.71. The van der Waals surface area contributed by atoms with Crippen LogP contribution in [0, 0.1) is 27.7 Å². The summed E-state index contributed by atoms with van der Waals surface area (Å²) in [6.07, 6.45) is 0. The van der Waals surface area contributed by atoms with E-state index < -0.39 is 0 Å². The molecule has 8 nitrogen and oxygen atoms in total. The number of nitrogen functional groups attached to an aromatic ring is 2. The van der Waals surface area contributed by atoms with Gasteiger partial charge < -0.3 is 42.1 Å². The number of hydrogen-bond acceptors (Lipinski definition) is 8. The van der Waals surface area contributed by atoms with E-state index in [0.717, 1.165) is 44.8 Å². The zero-order chi connectivity index (χ0) is 43.2. The maximum Gasteiger partial charge on any atom is 0.141 e. The molecule has 0 aliphatic heterocycles. The number of aromatic hydroxyl groups is 4. The molecular formula is C47H74N4O4. The van der Waals surface area contributed by atoms with Crippen LogP contribution in [-0.4, -0.2) is 41.6 Å². The van der Waals surface area contributed by atoms with Crippen LogP contribution in [-0.2, 0) is 21.7 Å². The third-order valence-corrected chi connectivity index (χ3v) is 9.46. The first-order chi connectivity index (χ1) is 24.7. The van der Waals surface area contributed by atoms with Gasteiger partial charge in [-0.3, -0.25) is 0 Å². The molecule has 0 atom stereocenters. The highest BCUT2D eigenvalue weighted by atomic mass is 16.3. The van der Waals surface area contributed by atoms with Crippen molar-refractivity contribution in [2.24, 2.45) is 0 Å². The molecule has 306 valence electrons. The van der Waals surface area contributed by atoms with Gasteiger partial charge >= 0.3 is 0 Å². The van der Waals surface area contributed by atoms with Gasteiger partial charge in [0.15, 0.2) is 0 Å². The molecule has 9 N–H and O–H groups in total. The van der Waals surface area contributed by atoms with Crippen LogP contribution >= 0.6 is 0 Å². The molecule has 4 rings (SSSR count). The zero-order valence-electron chi connectivity index (χ0n) is 37.5. The van der Waals surface area contributed by atoms with Crippen molar-refractivity contribution in [1.29, 1.82) is 0 Å². The fourth-order valence-corrected chi connectivity index (χ4v) is 5.42. The highest BCUT2D eigenvalue weighted by molar-refractivity contribution is 5.63. The molecule has 0 aromatic heterocycles. The summed E-state index contributed by atoms with van der Waals surface area (Å²) < 4.78 is 0. The van der Waals surface area contributed by atoms with Crippen molar-refractivity contribution < 1.29 is 20.4 Å². The lowest BCUT2D eigenvalue weighted by Gasteiger charge is -2.24. The third-order valence-electron chi connectivity index (χ3n) is 9.46. The van der Waals surface area contributed by atoms with Crippen molar-refractivity contribution >= 4 is 22.7 Å². The van der Waals surface area contributed by atoms with Gasteiger partial charge in [-0.25, -0.2) is 0 Å². The average molecular weight is 759 g/mol. The van der Waals surface area contributed by atoms with Gasteiger partial charge in [0, 0.05) is 21.1 Å². The van der Waals surface area contributed by atoms with E-state index in [1.54, 1.807) is 0 Å². The maximum absolute atomic E-state index is 9.92. The summed E-state index contributed by atoms with van der Waals surface area (Å²) in [5.74, 6) is 1.13. The predicted molar refractivity (Wildman–Crippen MR) is 239 cm³/mol. The molecule has 4 aromatic carbocycles. The fraction of sp³-hybridized carbons (Fsp3) is 0.489. The maximum atomic E-state index is 9.92. The van der Waals surface area contributed by atoms with E-state index in [4.69, 9.17) is 11.5 Å². The molecule has 0 spiro atoms. The van der Waals surface area contributed by atoms with Gasteiger partial charge in [-0.05, 0) is 118 Å². The van der Waals surface area contributed by atoms with E-state index in [9.17, 15) is 20.4 Å². The lowest BCUT2D eigenvalue weighted by Crippen LogP contribution is -2.15.